The Morgan fingerprint density at radius 3 is 2.32 bits per heavy atom. The summed E-state index contributed by atoms with van der Waals surface area (Å²) in [5.41, 5.74) is -1.02. The lowest BCUT2D eigenvalue weighted by atomic mass is 10.0. The Morgan fingerprint density at radius 1 is 1.32 bits per heavy atom. The van der Waals surface area contributed by atoms with E-state index in [1.165, 1.54) is 0 Å². The van der Waals surface area contributed by atoms with Gasteiger partial charge in [0.05, 0.1) is 5.54 Å². The zero-order valence-corrected chi connectivity index (χ0v) is 11.9. The third kappa shape index (κ3) is 7.37. The molecule has 0 rings (SSSR count). The summed E-state index contributed by atoms with van der Waals surface area (Å²) in [6, 6.07) is 0. The highest BCUT2D eigenvalue weighted by atomic mass is 19.4. The second kappa shape index (κ2) is 7.69. The maximum Gasteiger partial charge on any atom is 0.406 e. The van der Waals surface area contributed by atoms with Gasteiger partial charge in [0, 0.05) is 19.8 Å². The topological polar surface area (TPSA) is 41.6 Å². The number of amides is 1. The summed E-state index contributed by atoms with van der Waals surface area (Å²) in [4.78, 5) is 12.9. The molecule has 0 aromatic carbocycles. The standard InChI is InChI=1S/C12H23F3N2O2/c1-5-19-8-6-7-17(9-12(13,14)15)10(18)11(2,3)16-4/h16H,5-9H2,1-4H3. The van der Waals surface area contributed by atoms with Crippen molar-refractivity contribution >= 4 is 5.91 Å². The molecule has 0 heterocycles. The predicted octanol–water partition coefficient (Wildman–Crippen LogP) is 1.80. The average molecular weight is 284 g/mol. The van der Waals surface area contributed by atoms with Gasteiger partial charge in [0.15, 0.2) is 0 Å². The van der Waals surface area contributed by atoms with Crippen LogP contribution >= 0.6 is 0 Å². The van der Waals surface area contributed by atoms with Crippen LogP contribution in [0.3, 0.4) is 0 Å². The lowest BCUT2D eigenvalue weighted by Crippen LogP contribution is -2.55. The number of likely N-dealkylation sites (N-methyl/N-ethyl adjacent to an activating group) is 1. The minimum Gasteiger partial charge on any atom is -0.382 e. The van der Waals surface area contributed by atoms with E-state index in [0.29, 0.717) is 19.6 Å². The molecule has 0 aliphatic rings. The Hall–Kier alpha value is -0.820. The van der Waals surface area contributed by atoms with Crippen molar-refractivity contribution in [1.82, 2.24) is 10.2 Å². The van der Waals surface area contributed by atoms with Gasteiger partial charge in [-0.1, -0.05) is 0 Å². The number of rotatable bonds is 8. The Bertz CT molecular complexity index is 281. The fraction of sp³-hybridized carbons (Fsp3) is 0.917. The Kier molecular flexibility index (Phi) is 7.36. The van der Waals surface area contributed by atoms with Gasteiger partial charge in [0.25, 0.3) is 0 Å². The number of hydrogen-bond donors (Lipinski definition) is 1. The zero-order chi connectivity index (χ0) is 15.1. The molecule has 0 unspecified atom stereocenters. The number of ether oxygens (including phenoxy) is 1. The van der Waals surface area contributed by atoms with E-state index in [4.69, 9.17) is 4.74 Å². The second-order valence-electron chi connectivity index (χ2n) is 4.77. The highest BCUT2D eigenvalue weighted by Crippen LogP contribution is 2.19. The van der Waals surface area contributed by atoms with Crippen LogP contribution in [0.1, 0.15) is 27.2 Å². The van der Waals surface area contributed by atoms with E-state index in [1.807, 2.05) is 6.92 Å². The second-order valence-corrected chi connectivity index (χ2v) is 4.77. The van der Waals surface area contributed by atoms with E-state index in [1.54, 1.807) is 20.9 Å². The Labute approximate surface area is 112 Å². The molecule has 19 heavy (non-hydrogen) atoms. The first-order valence-corrected chi connectivity index (χ1v) is 6.27. The molecule has 1 N–H and O–H groups in total. The van der Waals surface area contributed by atoms with E-state index < -0.39 is 24.2 Å². The van der Waals surface area contributed by atoms with Crippen LogP contribution in [0, 0.1) is 0 Å². The normalized spacial score (nSPS) is 12.6. The predicted molar refractivity (Wildman–Crippen MR) is 66.9 cm³/mol. The van der Waals surface area contributed by atoms with Crippen LogP contribution in [0.15, 0.2) is 0 Å². The van der Waals surface area contributed by atoms with Crippen molar-refractivity contribution in [3.8, 4) is 0 Å². The maximum absolute atomic E-state index is 12.5. The number of carbonyl (C=O) groups is 1. The van der Waals surface area contributed by atoms with Crippen molar-refractivity contribution < 1.29 is 22.7 Å². The third-order valence-electron chi connectivity index (χ3n) is 2.74. The lowest BCUT2D eigenvalue weighted by molar-refractivity contribution is -0.165. The SMILES string of the molecule is CCOCCCN(CC(F)(F)F)C(=O)C(C)(C)NC. The summed E-state index contributed by atoms with van der Waals surface area (Å²) in [5, 5.41) is 2.72. The molecular formula is C12H23F3N2O2. The first kappa shape index (κ1) is 18.2. The summed E-state index contributed by atoms with van der Waals surface area (Å²) >= 11 is 0. The number of carbonyl (C=O) groups excluding carboxylic acids is 1. The van der Waals surface area contributed by atoms with Crippen LogP contribution in [0.2, 0.25) is 0 Å². The number of halogens is 3. The van der Waals surface area contributed by atoms with Crippen molar-refractivity contribution in [2.45, 2.75) is 38.9 Å². The fourth-order valence-corrected chi connectivity index (χ4v) is 1.47. The zero-order valence-electron chi connectivity index (χ0n) is 11.9. The Morgan fingerprint density at radius 2 is 1.89 bits per heavy atom. The molecule has 0 aromatic heterocycles. The smallest absolute Gasteiger partial charge is 0.382 e. The van der Waals surface area contributed by atoms with Gasteiger partial charge in [-0.05, 0) is 34.2 Å². The van der Waals surface area contributed by atoms with Gasteiger partial charge in [-0.2, -0.15) is 13.2 Å². The molecule has 0 radical (unpaired) electrons. The van der Waals surface area contributed by atoms with Gasteiger partial charge >= 0.3 is 6.18 Å². The fourth-order valence-electron chi connectivity index (χ4n) is 1.47. The minimum atomic E-state index is -4.40. The van der Waals surface area contributed by atoms with Crippen molar-refractivity contribution in [1.29, 1.82) is 0 Å². The Balaban J connectivity index is 4.62. The molecule has 0 aromatic rings. The summed E-state index contributed by atoms with van der Waals surface area (Å²) in [6.07, 6.45) is -4.01. The van der Waals surface area contributed by atoms with E-state index >= 15 is 0 Å². The summed E-state index contributed by atoms with van der Waals surface area (Å²) in [7, 11) is 1.55. The largest absolute Gasteiger partial charge is 0.406 e. The van der Waals surface area contributed by atoms with E-state index in [9.17, 15) is 18.0 Å². The third-order valence-corrected chi connectivity index (χ3v) is 2.74. The van der Waals surface area contributed by atoms with Crippen LogP contribution in [-0.4, -0.2) is 55.9 Å². The van der Waals surface area contributed by atoms with Gasteiger partial charge < -0.3 is 15.0 Å². The molecule has 1 amide bonds. The molecule has 0 aliphatic carbocycles. The van der Waals surface area contributed by atoms with Crippen molar-refractivity contribution in [2.75, 3.05) is 33.4 Å². The molecule has 0 atom stereocenters. The molecule has 4 nitrogen and oxygen atoms in total. The molecule has 0 bridgehead atoms. The maximum atomic E-state index is 12.5. The summed E-state index contributed by atoms with van der Waals surface area (Å²) in [6.45, 7) is 4.57. The minimum absolute atomic E-state index is 0.0312. The molecule has 0 fully saturated rings. The molecule has 0 saturated heterocycles. The van der Waals surface area contributed by atoms with Gasteiger partial charge in [-0.3, -0.25) is 4.79 Å². The molecule has 0 saturated carbocycles. The number of hydrogen-bond acceptors (Lipinski definition) is 3. The molecule has 7 heteroatoms. The quantitative estimate of drug-likeness (QED) is 0.691. The lowest BCUT2D eigenvalue weighted by Gasteiger charge is -2.32. The van der Waals surface area contributed by atoms with Crippen LogP contribution in [-0.2, 0) is 9.53 Å². The van der Waals surface area contributed by atoms with E-state index in [2.05, 4.69) is 5.32 Å². The highest BCUT2D eigenvalue weighted by molar-refractivity contribution is 5.85. The molecular weight excluding hydrogens is 261 g/mol. The number of alkyl halides is 3. The van der Waals surface area contributed by atoms with Crippen LogP contribution in [0.25, 0.3) is 0 Å². The van der Waals surface area contributed by atoms with Crippen LogP contribution in [0.5, 0.6) is 0 Å². The number of nitrogens with zero attached hydrogens (tertiary/aromatic N) is 1. The molecule has 114 valence electrons. The first-order chi connectivity index (χ1) is 8.64. The molecule has 0 spiro atoms. The van der Waals surface area contributed by atoms with E-state index in [-0.39, 0.29) is 6.54 Å². The summed E-state index contributed by atoms with van der Waals surface area (Å²) < 4.78 is 42.5. The first-order valence-electron chi connectivity index (χ1n) is 6.27. The average Bonchev–Trinajstić information content (AvgIpc) is 2.30. The van der Waals surface area contributed by atoms with Crippen molar-refractivity contribution in [3.63, 3.8) is 0 Å². The highest BCUT2D eigenvalue weighted by Gasteiger charge is 2.37. The molecule has 0 aliphatic heterocycles. The number of nitrogens with one attached hydrogen (secondary N) is 1. The van der Waals surface area contributed by atoms with E-state index in [0.717, 1.165) is 4.90 Å². The van der Waals surface area contributed by atoms with Crippen molar-refractivity contribution in [3.05, 3.63) is 0 Å². The van der Waals surface area contributed by atoms with Crippen molar-refractivity contribution in [2.24, 2.45) is 0 Å². The van der Waals surface area contributed by atoms with Gasteiger partial charge in [-0.15, -0.1) is 0 Å². The monoisotopic (exact) mass is 284 g/mol. The van der Waals surface area contributed by atoms with Gasteiger partial charge in [0.2, 0.25) is 5.91 Å². The van der Waals surface area contributed by atoms with Crippen LogP contribution < -0.4 is 5.32 Å². The van der Waals surface area contributed by atoms with Gasteiger partial charge in [0.1, 0.15) is 6.54 Å². The summed E-state index contributed by atoms with van der Waals surface area (Å²) in [5.74, 6) is -0.566. The van der Waals surface area contributed by atoms with Crippen LogP contribution in [0.4, 0.5) is 13.2 Å². The van der Waals surface area contributed by atoms with Gasteiger partial charge in [-0.25, -0.2) is 0 Å².